The molecule has 0 spiro atoms. The van der Waals surface area contributed by atoms with Gasteiger partial charge in [-0.1, -0.05) is 41.9 Å². The van der Waals surface area contributed by atoms with Crippen LogP contribution in [-0.2, 0) is 5.75 Å². The molecule has 0 saturated carbocycles. The van der Waals surface area contributed by atoms with E-state index in [2.05, 4.69) is 9.97 Å². The van der Waals surface area contributed by atoms with Crippen molar-refractivity contribution in [3.05, 3.63) is 81.2 Å². The molecule has 3 nitrogen and oxygen atoms in total. The number of nitrogens with one attached hydrogen (secondary N) is 1. The summed E-state index contributed by atoms with van der Waals surface area (Å²) in [6.45, 7) is 0. The van der Waals surface area contributed by atoms with E-state index in [0.29, 0.717) is 22.0 Å². The SMILES string of the molecule is O=c1[nH]c(CSc2ccc(Cl)cc2)nc2scc(-c3ccccc3)c12. The third-order valence-corrected chi connectivity index (χ3v) is 5.91. The Morgan fingerprint density at radius 3 is 2.60 bits per heavy atom. The fourth-order valence-electron chi connectivity index (χ4n) is 2.57. The highest BCUT2D eigenvalue weighted by Crippen LogP contribution is 2.31. The lowest BCUT2D eigenvalue weighted by Crippen LogP contribution is -2.10. The Balaban J connectivity index is 1.64. The number of hydrogen-bond donors (Lipinski definition) is 1. The Kier molecular flexibility index (Phi) is 4.61. The Morgan fingerprint density at radius 2 is 1.84 bits per heavy atom. The summed E-state index contributed by atoms with van der Waals surface area (Å²) < 4.78 is 0. The summed E-state index contributed by atoms with van der Waals surface area (Å²) in [6.07, 6.45) is 0. The van der Waals surface area contributed by atoms with E-state index in [1.165, 1.54) is 11.3 Å². The van der Waals surface area contributed by atoms with Crippen LogP contribution in [0.3, 0.4) is 0 Å². The maximum absolute atomic E-state index is 12.6. The minimum absolute atomic E-state index is 0.0863. The highest BCUT2D eigenvalue weighted by molar-refractivity contribution is 7.98. The molecular formula is C19H13ClN2OS2. The number of aromatic nitrogens is 2. The lowest BCUT2D eigenvalue weighted by atomic mass is 10.1. The van der Waals surface area contributed by atoms with E-state index >= 15 is 0 Å². The normalized spacial score (nSPS) is 11.1. The third-order valence-electron chi connectivity index (χ3n) is 3.77. The fourth-order valence-corrected chi connectivity index (χ4v) is 4.44. The number of fused-ring (bicyclic) bond motifs is 1. The topological polar surface area (TPSA) is 45.8 Å². The first kappa shape index (κ1) is 16.4. The van der Waals surface area contributed by atoms with Crippen LogP contribution >= 0.6 is 34.7 Å². The molecule has 2 aromatic carbocycles. The fraction of sp³-hybridized carbons (Fsp3) is 0.0526. The van der Waals surface area contributed by atoms with Crippen LogP contribution in [-0.4, -0.2) is 9.97 Å². The second-order valence-corrected chi connectivity index (χ2v) is 7.79. The van der Waals surface area contributed by atoms with E-state index in [1.54, 1.807) is 11.8 Å². The minimum atomic E-state index is -0.0863. The van der Waals surface area contributed by atoms with Crippen molar-refractivity contribution < 1.29 is 0 Å². The number of halogens is 1. The molecular weight excluding hydrogens is 372 g/mol. The molecule has 25 heavy (non-hydrogen) atoms. The maximum Gasteiger partial charge on any atom is 0.260 e. The molecule has 0 amide bonds. The summed E-state index contributed by atoms with van der Waals surface area (Å²) in [5, 5.41) is 3.37. The first-order valence-electron chi connectivity index (χ1n) is 7.65. The van der Waals surface area contributed by atoms with Crippen LogP contribution < -0.4 is 5.56 Å². The summed E-state index contributed by atoms with van der Waals surface area (Å²) >= 11 is 9.02. The van der Waals surface area contributed by atoms with Crippen molar-refractivity contribution in [3.63, 3.8) is 0 Å². The van der Waals surface area contributed by atoms with Crippen LogP contribution in [0.4, 0.5) is 0 Å². The van der Waals surface area contributed by atoms with Crippen LogP contribution in [0.25, 0.3) is 21.3 Å². The van der Waals surface area contributed by atoms with Crippen LogP contribution in [0.2, 0.25) is 5.02 Å². The molecule has 0 fully saturated rings. The second-order valence-electron chi connectivity index (χ2n) is 5.45. The van der Waals surface area contributed by atoms with E-state index in [1.807, 2.05) is 60.0 Å². The molecule has 2 heterocycles. The quantitative estimate of drug-likeness (QED) is 0.466. The summed E-state index contributed by atoms with van der Waals surface area (Å²) in [4.78, 5) is 22.0. The highest BCUT2D eigenvalue weighted by Gasteiger charge is 2.12. The first-order chi connectivity index (χ1) is 12.2. The van der Waals surface area contributed by atoms with Crippen LogP contribution in [0.5, 0.6) is 0 Å². The van der Waals surface area contributed by atoms with E-state index in [9.17, 15) is 4.79 Å². The molecule has 4 aromatic rings. The number of thiophene rings is 1. The summed E-state index contributed by atoms with van der Waals surface area (Å²) in [6, 6.07) is 17.5. The van der Waals surface area contributed by atoms with Gasteiger partial charge in [0.1, 0.15) is 10.7 Å². The predicted molar refractivity (Wildman–Crippen MR) is 107 cm³/mol. The zero-order chi connectivity index (χ0) is 17.2. The monoisotopic (exact) mass is 384 g/mol. The zero-order valence-electron chi connectivity index (χ0n) is 13.0. The number of nitrogens with zero attached hydrogens (tertiary/aromatic N) is 1. The molecule has 0 radical (unpaired) electrons. The van der Waals surface area contributed by atoms with Crippen molar-refractivity contribution in [2.45, 2.75) is 10.6 Å². The largest absolute Gasteiger partial charge is 0.309 e. The molecule has 4 rings (SSSR count). The summed E-state index contributed by atoms with van der Waals surface area (Å²) in [5.74, 6) is 1.28. The molecule has 0 unspecified atom stereocenters. The standard InChI is InChI=1S/C19H13ClN2OS2/c20-13-6-8-14(9-7-13)24-11-16-21-18(23)17-15(10-25-19(17)22-16)12-4-2-1-3-5-12/h1-10H,11H2,(H,21,22,23). The van der Waals surface area contributed by atoms with Gasteiger partial charge in [0.25, 0.3) is 5.56 Å². The smallest absolute Gasteiger partial charge is 0.260 e. The summed E-state index contributed by atoms with van der Waals surface area (Å²) in [7, 11) is 0. The van der Waals surface area contributed by atoms with E-state index < -0.39 is 0 Å². The minimum Gasteiger partial charge on any atom is -0.309 e. The van der Waals surface area contributed by atoms with Gasteiger partial charge in [-0.05, 0) is 29.8 Å². The number of rotatable bonds is 4. The van der Waals surface area contributed by atoms with Gasteiger partial charge < -0.3 is 4.98 Å². The Morgan fingerprint density at radius 1 is 1.08 bits per heavy atom. The number of aromatic amines is 1. The van der Waals surface area contributed by atoms with Crippen molar-refractivity contribution in [1.82, 2.24) is 9.97 Å². The summed E-state index contributed by atoms with van der Waals surface area (Å²) in [5.41, 5.74) is 1.88. The molecule has 2 aromatic heterocycles. The van der Waals surface area contributed by atoms with E-state index in [4.69, 9.17) is 11.6 Å². The second kappa shape index (κ2) is 7.04. The van der Waals surface area contributed by atoms with Gasteiger partial charge in [-0.3, -0.25) is 4.79 Å². The van der Waals surface area contributed by atoms with E-state index in [-0.39, 0.29) is 5.56 Å². The Labute approximate surface area is 157 Å². The lowest BCUT2D eigenvalue weighted by molar-refractivity contribution is 1.05. The van der Waals surface area contributed by atoms with Gasteiger partial charge in [-0.2, -0.15) is 0 Å². The predicted octanol–water partition coefficient (Wildman–Crippen LogP) is 5.60. The van der Waals surface area contributed by atoms with Gasteiger partial charge in [0.15, 0.2) is 0 Å². The van der Waals surface area contributed by atoms with Crippen molar-refractivity contribution in [2.24, 2.45) is 0 Å². The molecule has 0 saturated heterocycles. The molecule has 0 bridgehead atoms. The van der Waals surface area contributed by atoms with Gasteiger partial charge in [0.05, 0.1) is 11.1 Å². The van der Waals surface area contributed by atoms with Gasteiger partial charge in [0, 0.05) is 20.9 Å². The Hall–Kier alpha value is -2.08. The maximum atomic E-state index is 12.6. The van der Waals surface area contributed by atoms with Crippen LogP contribution in [0, 0.1) is 0 Å². The van der Waals surface area contributed by atoms with Crippen molar-refractivity contribution in [1.29, 1.82) is 0 Å². The van der Waals surface area contributed by atoms with E-state index in [0.717, 1.165) is 20.9 Å². The van der Waals surface area contributed by atoms with Gasteiger partial charge in [-0.25, -0.2) is 4.98 Å². The molecule has 124 valence electrons. The van der Waals surface area contributed by atoms with Crippen LogP contribution in [0.1, 0.15) is 5.82 Å². The van der Waals surface area contributed by atoms with Gasteiger partial charge in [-0.15, -0.1) is 23.1 Å². The number of thioether (sulfide) groups is 1. The number of hydrogen-bond acceptors (Lipinski definition) is 4. The first-order valence-corrected chi connectivity index (χ1v) is 9.89. The molecule has 0 aliphatic heterocycles. The van der Waals surface area contributed by atoms with Gasteiger partial charge >= 0.3 is 0 Å². The number of benzene rings is 2. The lowest BCUT2D eigenvalue weighted by Gasteiger charge is -2.03. The van der Waals surface area contributed by atoms with Crippen molar-refractivity contribution >= 4 is 44.9 Å². The molecule has 0 aliphatic rings. The Bertz CT molecular complexity index is 1070. The van der Waals surface area contributed by atoms with Crippen LogP contribution in [0.15, 0.2) is 69.7 Å². The highest BCUT2D eigenvalue weighted by atomic mass is 35.5. The average molecular weight is 385 g/mol. The average Bonchev–Trinajstić information content (AvgIpc) is 3.07. The zero-order valence-corrected chi connectivity index (χ0v) is 15.4. The third kappa shape index (κ3) is 3.49. The molecule has 0 aliphatic carbocycles. The van der Waals surface area contributed by atoms with Gasteiger partial charge in [0.2, 0.25) is 0 Å². The molecule has 6 heteroatoms. The molecule has 1 N–H and O–H groups in total. The molecule has 0 atom stereocenters. The number of H-pyrrole nitrogens is 1. The van der Waals surface area contributed by atoms with Crippen molar-refractivity contribution in [3.8, 4) is 11.1 Å². The van der Waals surface area contributed by atoms with Crippen molar-refractivity contribution in [2.75, 3.05) is 0 Å².